The van der Waals surface area contributed by atoms with Crippen LogP contribution in [0.15, 0.2) is 46.2 Å². The largest absolute Gasteiger partial charge is 0.399 e. The van der Waals surface area contributed by atoms with Crippen LogP contribution in [0.25, 0.3) is 12.2 Å². The van der Waals surface area contributed by atoms with Crippen LogP contribution in [0.1, 0.15) is 11.1 Å². The molecule has 128 valence electrons. The maximum absolute atomic E-state index is 11.4. The van der Waals surface area contributed by atoms with Gasteiger partial charge in [0, 0.05) is 5.69 Å². The maximum Gasteiger partial charge on any atom is 0.296 e. The van der Waals surface area contributed by atoms with Crippen molar-refractivity contribution < 1.29 is 25.9 Å². The van der Waals surface area contributed by atoms with Gasteiger partial charge in [-0.1, -0.05) is 24.3 Å². The molecule has 0 aromatic heterocycles. The molecule has 0 saturated heterocycles. The highest BCUT2D eigenvalue weighted by Crippen LogP contribution is 2.23. The molecule has 6 N–H and O–H groups in total. The van der Waals surface area contributed by atoms with Crippen LogP contribution >= 0.6 is 0 Å². The average Bonchev–Trinajstić information content (AvgIpc) is 2.45. The normalized spacial score (nSPS) is 12.6. The fourth-order valence-corrected chi connectivity index (χ4v) is 3.35. The van der Waals surface area contributed by atoms with E-state index in [1.165, 1.54) is 36.4 Å². The summed E-state index contributed by atoms with van der Waals surface area (Å²) >= 11 is 0. The summed E-state index contributed by atoms with van der Waals surface area (Å²) in [7, 11) is -8.97. The van der Waals surface area contributed by atoms with Crippen LogP contribution in [-0.4, -0.2) is 25.9 Å². The first-order valence-corrected chi connectivity index (χ1v) is 9.28. The van der Waals surface area contributed by atoms with Crippen molar-refractivity contribution in [1.82, 2.24) is 0 Å². The molecule has 2 aromatic rings. The van der Waals surface area contributed by atoms with E-state index in [1.54, 1.807) is 0 Å². The van der Waals surface area contributed by atoms with Gasteiger partial charge in [0.1, 0.15) is 9.79 Å². The Balaban J connectivity index is 2.50. The summed E-state index contributed by atoms with van der Waals surface area (Å²) < 4.78 is 63.6. The van der Waals surface area contributed by atoms with Crippen molar-refractivity contribution in [2.24, 2.45) is 0 Å². The van der Waals surface area contributed by atoms with Crippen molar-refractivity contribution in [3.05, 3.63) is 47.5 Å². The molecule has 0 bridgehead atoms. The molecule has 0 aliphatic heterocycles. The predicted octanol–water partition coefficient (Wildman–Crippen LogP) is 1.51. The molecule has 2 aromatic carbocycles. The fraction of sp³-hybridized carbons (Fsp3) is 0. The van der Waals surface area contributed by atoms with Crippen molar-refractivity contribution >= 4 is 43.8 Å². The summed E-state index contributed by atoms with van der Waals surface area (Å²) in [5, 5.41) is 0. The van der Waals surface area contributed by atoms with Gasteiger partial charge in [-0.05, 0) is 35.4 Å². The Labute approximate surface area is 138 Å². The van der Waals surface area contributed by atoms with Gasteiger partial charge in [0.25, 0.3) is 20.2 Å². The zero-order chi connectivity index (χ0) is 18.1. The molecule has 0 spiro atoms. The van der Waals surface area contributed by atoms with Crippen LogP contribution in [0.2, 0.25) is 0 Å². The van der Waals surface area contributed by atoms with Gasteiger partial charge in [0.15, 0.2) is 0 Å². The van der Waals surface area contributed by atoms with Crippen molar-refractivity contribution in [1.29, 1.82) is 0 Å². The number of benzene rings is 2. The topological polar surface area (TPSA) is 161 Å². The standard InChI is InChI=1S/C14H14N2O6S2/c15-11-5-4-10(13(8-11)23(17,18)19)3-1-9-2-6-12(16)14(7-9)24(20,21)22/h1-8H,15-16H2,(H,17,18,19)(H,20,21,22). The molecule has 10 heteroatoms. The second-order valence-corrected chi connectivity index (χ2v) is 7.66. The summed E-state index contributed by atoms with van der Waals surface area (Å²) in [5.74, 6) is 0. The third-order valence-corrected chi connectivity index (χ3v) is 4.91. The monoisotopic (exact) mass is 370 g/mol. The molecule has 0 radical (unpaired) electrons. The van der Waals surface area contributed by atoms with E-state index in [0.717, 1.165) is 12.1 Å². The molecule has 2 rings (SSSR count). The third-order valence-electron chi connectivity index (χ3n) is 3.09. The van der Waals surface area contributed by atoms with Gasteiger partial charge in [-0.2, -0.15) is 16.8 Å². The molecule has 0 amide bonds. The lowest BCUT2D eigenvalue weighted by molar-refractivity contribution is 0.481. The Bertz CT molecular complexity index is 1030. The lowest BCUT2D eigenvalue weighted by Crippen LogP contribution is -2.03. The number of nitrogens with two attached hydrogens (primary N) is 2. The SMILES string of the molecule is Nc1ccc(C=Cc2ccc(N)c(S(=O)(=O)O)c2)c(S(=O)(=O)O)c1. The van der Waals surface area contributed by atoms with E-state index >= 15 is 0 Å². The lowest BCUT2D eigenvalue weighted by Gasteiger charge is -2.05. The van der Waals surface area contributed by atoms with E-state index in [9.17, 15) is 21.4 Å². The van der Waals surface area contributed by atoms with Crippen molar-refractivity contribution in [3.8, 4) is 0 Å². The first kappa shape index (κ1) is 17.9. The fourth-order valence-electron chi connectivity index (χ4n) is 1.98. The summed E-state index contributed by atoms with van der Waals surface area (Å²) in [5.41, 5.74) is 11.5. The van der Waals surface area contributed by atoms with E-state index in [-0.39, 0.29) is 21.8 Å². The van der Waals surface area contributed by atoms with E-state index in [1.807, 2.05) is 0 Å². The number of hydrogen-bond donors (Lipinski definition) is 4. The second kappa shape index (κ2) is 6.24. The van der Waals surface area contributed by atoms with Gasteiger partial charge >= 0.3 is 0 Å². The van der Waals surface area contributed by atoms with Crippen LogP contribution in [-0.2, 0) is 20.2 Å². The highest BCUT2D eigenvalue weighted by atomic mass is 32.2. The number of anilines is 2. The minimum Gasteiger partial charge on any atom is -0.399 e. The van der Waals surface area contributed by atoms with Crippen molar-refractivity contribution in [3.63, 3.8) is 0 Å². The predicted molar refractivity (Wildman–Crippen MR) is 90.3 cm³/mol. The smallest absolute Gasteiger partial charge is 0.296 e. The maximum atomic E-state index is 11.4. The van der Waals surface area contributed by atoms with Crippen molar-refractivity contribution in [2.75, 3.05) is 11.5 Å². The molecule has 0 unspecified atom stereocenters. The second-order valence-electron chi connectivity index (χ2n) is 4.88. The van der Waals surface area contributed by atoms with Gasteiger partial charge in [-0.15, -0.1) is 0 Å². The van der Waals surface area contributed by atoms with E-state index in [2.05, 4.69) is 0 Å². The molecule has 0 saturated carbocycles. The molecule has 0 atom stereocenters. The van der Waals surface area contributed by atoms with Gasteiger partial charge in [0.2, 0.25) is 0 Å². The Kier molecular flexibility index (Phi) is 4.67. The van der Waals surface area contributed by atoms with Gasteiger partial charge in [-0.3, -0.25) is 9.11 Å². The van der Waals surface area contributed by atoms with Gasteiger partial charge < -0.3 is 11.5 Å². The Morgan fingerprint density at radius 1 is 0.792 bits per heavy atom. The van der Waals surface area contributed by atoms with E-state index in [4.69, 9.17) is 16.0 Å². The molecule has 8 nitrogen and oxygen atoms in total. The summed E-state index contributed by atoms with van der Waals surface area (Å²) in [6.07, 6.45) is 2.75. The van der Waals surface area contributed by atoms with Crippen LogP contribution in [0.5, 0.6) is 0 Å². The molecule has 0 aliphatic carbocycles. The van der Waals surface area contributed by atoms with E-state index < -0.39 is 25.1 Å². The molecule has 0 fully saturated rings. The molecule has 0 heterocycles. The first-order chi connectivity index (χ1) is 11.0. The van der Waals surface area contributed by atoms with Crippen LogP contribution in [0.4, 0.5) is 11.4 Å². The van der Waals surface area contributed by atoms with Gasteiger partial charge in [0.05, 0.1) is 5.69 Å². The minimum atomic E-state index is -4.49. The average molecular weight is 370 g/mol. The number of nitrogen functional groups attached to an aromatic ring is 2. The summed E-state index contributed by atoms with van der Waals surface area (Å²) in [6.45, 7) is 0. The summed E-state index contributed by atoms with van der Waals surface area (Å²) in [6, 6.07) is 7.82. The Hall–Kier alpha value is -2.40. The zero-order valence-electron chi connectivity index (χ0n) is 12.1. The highest BCUT2D eigenvalue weighted by Gasteiger charge is 2.15. The van der Waals surface area contributed by atoms with Crippen LogP contribution in [0.3, 0.4) is 0 Å². The molecule has 0 aliphatic rings. The number of hydrogen-bond acceptors (Lipinski definition) is 6. The lowest BCUT2D eigenvalue weighted by atomic mass is 10.1. The van der Waals surface area contributed by atoms with Crippen LogP contribution in [0, 0.1) is 0 Å². The molecular weight excluding hydrogens is 356 g/mol. The summed E-state index contributed by atoms with van der Waals surface area (Å²) in [4.78, 5) is -0.846. The quantitative estimate of drug-likeness (QED) is 0.358. The number of rotatable bonds is 4. The Morgan fingerprint density at radius 2 is 1.42 bits per heavy atom. The minimum absolute atomic E-state index is 0.124. The highest BCUT2D eigenvalue weighted by molar-refractivity contribution is 7.86. The van der Waals surface area contributed by atoms with Crippen LogP contribution < -0.4 is 11.5 Å². The van der Waals surface area contributed by atoms with Gasteiger partial charge in [-0.25, -0.2) is 0 Å². The Morgan fingerprint density at radius 3 is 2.00 bits per heavy atom. The first-order valence-electron chi connectivity index (χ1n) is 6.40. The zero-order valence-corrected chi connectivity index (χ0v) is 13.8. The molecule has 24 heavy (non-hydrogen) atoms. The van der Waals surface area contributed by atoms with Crippen molar-refractivity contribution in [2.45, 2.75) is 9.79 Å². The third kappa shape index (κ3) is 4.11. The van der Waals surface area contributed by atoms with E-state index in [0.29, 0.717) is 5.56 Å². The molecular formula is C14H14N2O6S2.